The minimum Gasteiger partial charge on any atom is -0.457 e. The molecule has 0 amide bonds. The second-order valence-corrected chi connectivity index (χ2v) is 9.73. The van der Waals surface area contributed by atoms with Crippen molar-refractivity contribution < 1.29 is 4.74 Å². The van der Waals surface area contributed by atoms with Gasteiger partial charge in [-0.05, 0) is 54.6 Å². The van der Waals surface area contributed by atoms with Crippen LogP contribution in [0.3, 0.4) is 0 Å². The maximum absolute atomic E-state index is 6.33. The molecule has 7 rings (SSSR count). The molecule has 0 fully saturated rings. The van der Waals surface area contributed by atoms with Gasteiger partial charge in [-0.15, -0.1) is 0 Å². The highest BCUT2D eigenvalue weighted by molar-refractivity contribution is 5.83. The Morgan fingerprint density at radius 3 is 1.90 bits per heavy atom. The van der Waals surface area contributed by atoms with Crippen LogP contribution in [0.4, 0.5) is 11.4 Å². The van der Waals surface area contributed by atoms with Gasteiger partial charge in [0.1, 0.15) is 24.5 Å². The average molecular weight is 534 g/mol. The molecule has 6 nitrogen and oxygen atoms in total. The van der Waals surface area contributed by atoms with Gasteiger partial charge in [0.05, 0.1) is 22.8 Å². The number of anilines is 2. The van der Waals surface area contributed by atoms with E-state index in [0.717, 1.165) is 51.1 Å². The van der Waals surface area contributed by atoms with Crippen LogP contribution in [0, 0.1) is 0 Å². The molecule has 0 bridgehead atoms. The van der Waals surface area contributed by atoms with E-state index in [0.29, 0.717) is 6.67 Å². The first-order valence-corrected chi connectivity index (χ1v) is 13.5. The smallest absolute Gasteiger partial charge is 0.129 e. The Hall–Kier alpha value is -5.62. The van der Waals surface area contributed by atoms with Crippen molar-refractivity contribution in [1.29, 1.82) is 0 Å². The van der Waals surface area contributed by atoms with Crippen LogP contribution < -0.4 is 14.6 Å². The zero-order valence-electron chi connectivity index (χ0n) is 22.3. The molecule has 1 aliphatic heterocycles. The van der Waals surface area contributed by atoms with E-state index in [4.69, 9.17) is 9.84 Å². The third-order valence-corrected chi connectivity index (χ3v) is 6.97. The first-order valence-electron chi connectivity index (χ1n) is 13.5. The SMILES string of the molecule is C1=NN(c2cccc(Oc3cccc(-c4cc(-c5ccccc5)n(-c5ccccc5)n4)c3)c2)CN1c1ccccc1. The maximum atomic E-state index is 6.33. The van der Waals surface area contributed by atoms with E-state index in [1.807, 2.05) is 113 Å². The number of nitrogens with zero attached hydrogens (tertiary/aromatic N) is 5. The summed E-state index contributed by atoms with van der Waals surface area (Å²) in [5.74, 6) is 1.49. The summed E-state index contributed by atoms with van der Waals surface area (Å²) in [4.78, 5) is 2.11. The highest BCUT2D eigenvalue weighted by Crippen LogP contribution is 2.33. The van der Waals surface area contributed by atoms with Crippen molar-refractivity contribution in [2.45, 2.75) is 0 Å². The van der Waals surface area contributed by atoms with Gasteiger partial charge >= 0.3 is 0 Å². The van der Waals surface area contributed by atoms with E-state index in [1.165, 1.54) is 0 Å². The van der Waals surface area contributed by atoms with Gasteiger partial charge in [-0.1, -0.05) is 84.9 Å². The molecule has 0 N–H and O–H groups in total. The Morgan fingerprint density at radius 1 is 0.537 bits per heavy atom. The monoisotopic (exact) mass is 533 g/mol. The van der Waals surface area contributed by atoms with Gasteiger partial charge in [0.2, 0.25) is 0 Å². The molecule has 5 aromatic carbocycles. The van der Waals surface area contributed by atoms with Crippen LogP contribution in [0.25, 0.3) is 28.2 Å². The Labute approximate surface area is 239 Å². The molecule has 1 aliphatic rings. The molecule has 2 heterocycles. The summed E-state index contributed by atoms with van der Waals surface area (Å²) in [6, 6.07) is 49.0. The summed E-state index contributed by atoms with van der Waals surface area (Å²) in [6.07, 6.45) is 1.85. The molecular formula is C35H27N5O. The van der Waals surface area contributed by atoms with Crippen LogP contribution in [0.15, 0.2) is 151 Å². The summed E-state index contributed by atoms with van der Waals surface area (Å²) < 4.78 is 8.33. The number of hydrazone groups is 1. The summed E-state index contributed by atoms with van der Waals surface area (Å²) >= 11 is 0. The highest BCUT2D eigenvalue weighted by atomic mass is 16.5. The zero-order chi connectivity index (χ0) is 27.4. The zero-order valence-corrected chi connectivity index (χ0v) is 22.3. The van der Waals surface area contributed by atoms with Crippen molar-refractivity contribution in [1.82, 2.24) is 9.78 Å². The fraction of sp³-hybridized carbons (Fsp3) is 0.0286. The lowest BCUT2D eigenvalue weighted by atomic mass is 10.1. The minimum atomic E-state index is 0.636. The van der Waals surface area contributed by atoms with Crippen LogP contribution in [0.1, 0.15) is 0 Å². The van der Waals surface area contributed by atoms with Crippen molar-refractivity contribution in [2.75, 3.05) is 16.6 Å². The van der Waals surface area contributed by atoms with Gasteiger partial charge in [-0.2, -0.15) is 10.2 Å². The van der Waals surface area contributed by atoms with E-state index in [1.54, 1.807) is 0 Å². The van der Waals surface area contributed by atoms with Gasteiger partial charge < -0.3 is 9.64 Å². The Kier molecular flexibility index (Phi) is 6.47. The molecule has 0 saturated carbocycles. The van der Waals surface area contributed by atoms with Crippen molar-refractivity contribution in [3.8, 4) is 39.7 Å². The topological polar surface area (TPSA) is 45.9 Å². The molecule has 0 spiro atoms. The lowest BCUT2D eigenvalue weighted by Crippen LogP contribution is -2.26. The van der Waals surface area contributed by atoms with Gasteiger partial charge in [-0.25, -0.2) is 9.69 Å². The summed E-state index contributed by atoms with van der Waals surface area (Å²) in [7, 11) is 0. The first kappa shape index (κ1) is 24.4. The van der Waals surface area contributed by atoms with E-state index < -0.39 is 0 Å². The minimum absolute atomic E-state index is 0.636. The lowest BCUT2D eigenvalue weighted by Gasteiger charge is -2.19. The van der Waals surface area contributed by atoms with Crippen LogP contribution in [0.5, 0.6) is 11.5 Å². The molecule has 6 aromatic rings. The number of para-hydroxylation sites is 2. The van der Waals surface area contributed by atoms with Gasteiger partial charge in [0, 0.05) is 22.9 Å². The second kappa shape index (κ2) is 10.9. The van der Waals surface area contributed by atoms with Crippen LogP contribution >= 0.6 is 0 Å². The predicted octanol–water partition coefficient (Wildman–Crippen LogP) is 8.23. The molecule has 6 heteroatoms. The Morgan fingerprint density at radius 2 is 1.15 bits per heavy atom. The molecule has 0 saturated heterocycles. The van der Waals surface area contributed by atoms with E-state index in [-0.39, 0.29) is 0 Å². The number of aromatic nitrogens is 2. The lowest BCUT2D eigenvalue weighted by molar-refractivity contribution is 0.483. The predicted molar refractivity (Wildman–Crippen MR) is 166 cm³/mol. The van der Waals surface area contributed by atoms with Gasteiger partial charge in [0.25, 0.3) is 0 Å². The number of hydrogen-bond acceptors (Lipinski definition) is 5. The standard InChI is InChI=1S/C35H27N5O/c1-4-12-27(13-5-1)35-24-34(37-40(35)30-17-8-3-9-18-30)28-14-10-20-32(22-28)41-33-21-11-19-31(23-33)39-26-38(25-36-39)29-15-6-2-7-16-29/h1-25H,26H2. The summed E-state index contributed by atoms with van der Waals surface area (Å²) in [5.41, 5.74) is 7.07. The van der Waals surface area contributed by atoms with Crippen LogP contribution in [-0.4, -0.2) is 22.8 Å². The fourth-order valence-electron chi connectivity index (χ4n) is 4.92. The number of benzene rings is 5. The van der Waals surface area contributed by atoms with Crippen molar-refractivity contribution in [3.63, 3.8) is 0 Å². The Bertz CT molecular complexity index is 1740. The summed E-state index contributed by atoms with van der Waals surface area (Å²) in [5, 5.41) is 11.6. The maximum Gasteiger partial charge on any atom is 0.129 e. The average Bonchev–Trinajstić information content (AvgIpc) is 3.72. The quantitative estimate of drug-likeness (QED) is 0.207. The molecular weight excluding hydrogens is 506 g/mol. The van der Waals surface area contributed by atoms with Crippen LogP contribution in [0.2, 0.25) is 0 Å². The molecule has 0 aliphatic carbocycles. The van der Waals surface area contributed by atoms with Crippen molar-refractivity contribution in [3.05, 3.63) is 146 Å². The number of hydrogen-bond donors (Lipinski definition) is 0. The molecule has 0 unspecified atom stereocenters. The first-order chi connectivity index (χ1) is 20.3. The second-order valence-electron chi connectivity index (χ2n) is 9.73. The van der Waals surface area contributed by atoms with Crippen molar-refractivity contribution in [2.24, 2.45) is 5.10 Å². The van der Waals surface area contributed by atoms with Gasteiger partial charge in [-0.3, -0.25) is 0 Å². The Balaban J connectivity index is 1.14. The van der Waals surface area contributed by atoms with E-state index in [2.05, 4.69) is 58.5 Å². The molecule has 198 valence electrons. The normalized spacial score (nSPS) is 12.6. The third kappa shape index (κ3) is 5.18. The number of ether oxygens (including phenoxy) is 1. The summed E-state index contributed by atoms with van der Waals surface area (Å²) in [6.45, 7) is 0.636. The van der Waals surface area contributed by atoms with E-state index in [9.17, 15) is 0 Å². The molecule has 1 aromatic heterocycles. The van der Waals surface area contributed by atoms with Crippen molar-refractivity contribution >= 4 is 17.7 Å². The van der Waals surface area contributed by atoms with Gasteiger partial charge in [0.15, 0.2) is 0 Å². The number of rotatable bonds is 7. The largest absolute Gasteiger partial charge is 0.457 e. The van der Waals surface area contributed by atoms with E-state index >= 15 is 0 Å². The molecule has 0 atom stereocenters. The fourth-order valence-corrected chi connectivity index (χ4v) is 4.92. The molecule has 41 heavy (non-hydrogen) atoms. The third-order valence-electron chi connectivity index (χ3n) is 6.97. The highest BCUT2D eigenvalue weighted by Gasteiger charge is 2.18. The molecule has 0 radical (unpaired) electrons. The van der Waals surface area contributed by atoms with Crippen LogP contribution in [-0.2, 0) is 0 Å².